The van der Waals surface area contributed by atoms with Gasteiger partial charge in [-0.15, -0.1) is 0 Å². The third-order valence-corrected chi connectivity index (χ3v) is 3.60. The zero-order valence-electron chi connectivity index (χ0n) is 10.0. The average molecular weight is 318 g/mol. The van der Waals surface area contributed by atoms with E-state index < -0.39 is 10.7 Å². The molecule has 0 aliphatic carbocycles. The van der Waals surface area contributed by atoms with E-state index in [0.29, 0.717) is 5.56 Å². The first-order valence-corrected chi connectivity index (χ1v) is 6.64. The monoisotopic (exact) mass is 317 g/mol. The fourth-order valence-electron chi connectivity index (χ4n) is 1.76. The molecule has 0 fully saturated rings. The molecule has 0 aliphatic heterocycles. The van der Waals surface area contributed by atoms with E-state index in [0.717, 1.165) is 11.1 Å². The maximum Gasteiger partial charge on any atom is 0.239 e. The first-order chi connectivity index (χ1) is 9.09. The van der Waals surface area contributed by atoms with Crippen LogP contribution in [0.1, 0.15) is 10.4 Å². The molecule has 4 heteroatoms. The van der Waals surface area contributed by atoms with Crippen LogP contribution in [0.25, 0.3) is 11.1 Å². The molecule has 2 aromatic rings. The van der Waals surface area contributed by atoms with Crippen LogP contribution >= 0.6 is 15.9 Å². The molecule has 3 nitrogen and oxygen atoms in total. The van der Waals surface area contributed by atoms with Gasteiger partial charge in [0.25, 0.3) is 0 Å². The lowest BCUT2D eigenvalue weighted by Gasteiger charge is -2.07. The summed E-state index contributed by atoms with van der Waals surface area (Å²) in [6.45, 7) is 0. The highest BCUT2D eigenvalue weighted by Gasteiger charge is 2.22. The number of halogens is 1. The molecule has 2 N–H and O–H groups in total. The van der Waals surface area contributed by atoms with Crippen LogP contribution in [0.3, 0.4) is 0 Å². The van der Waals surface area contributed by atoms with Crippen molar-refractivity contribution in [2.45, 2.75) is 4.83 Å². The van der Waals surface area contributed by atoms with Gasteiger partial charge in [-0.25, -0.2) is 0 Å². The molecule has 0 spiro atoms. The highest BCUT2D eigenvalue weighted by molar-refractivity contribution is 9.10. The quantitative estimate of drug-likeness (QED) is 0.535. The summed E-state index contributed by atoms with van der Waals surface area (Å²) in [5.74, 6) is -1.01. The molecule has 0 saturated heterocycles. The number of carbonyl (C=O) groups is 2. The fourth-order valence-corrected chi connectivity index (χ4v) is 2.02. The first-order valence-electron chi connectivity index (χ1n) is 5.72. The van der Waals surface area contributed by atoms with Crippen molar-refractivity contribution in [2.24, 2.45) is 5.73 Å². The largest absolute Gasteiger partial charge is 0.368 e. The third kappa shape index (κ3) is 3.09. The number of primary amides is 1. The minimum Gasteiger partial charge on any atom is -0.368 e. The van der Waals surface area contributed by atoms with E-state index in [4.69, 9.17) is 5.73 Å². The number of alkyl halides is 1. The summed E-state index contributed by atoms with van der Waals surface area (Å²) in [6, 6.07) is 16.9. The smallest absolute Gasteiger partial charge is 0.239 e. The lowest BCUT2D eigenvalue weighted by Crippen LogP contribution is -2.30. The second-order valence-corrected chi connectivity index (χ2v) is 4.99. The number of hydrogen-bond donors (Lipinski definition) is 1. The number of carbonyl (C=O) groups excluding carboxylic acids is 2. The summed E-state index contributed by atoms with van der Waals surface area (Å²) in [7, 11) is 0. The van der Waals surface area contributed by atoms with Gasteiger partial charge in [-0.1, -0.05) is 64.5 Å². The first kappa shape index (κ1) is 13.5. The Kier molecular flexibility index (Phi) is 4.12. The SMILES string of the molecule is NC(=O)[C@H](Br)C(=O)c1cccc(-c2ccccc2)c1. The third-order valence-electron chi connectivity index (χ3n) is 2.73. The van der Waals surface area contributed by atoms with E-state index in [1.807, 2.05) is 36.4 Å². The van der Waals surface area contributed by atoms with Crippen LogP contribution in [0.15, 0.2) is 54.6 Å². The van der Waals surface area contributed by atoms with E-state index in [1.54, 1.807) is 18.2 Å². The topological polar surface area (TPSA) is 60.2 Å². The second-order valence-electron chi connectivity index (χ2n) is 4.08. The van der Waals surface area contributed by atoms with Crippen molar-refractivity contribution in [3.8, 4) is 11.1 Å². The van der Waals surface area contributed by atoms with Gasteiger partial charge >= 0.3 is 0 Å². The van der Waals surface area contributed by atoms with Gasteiger partial charge < -0.3 is 5.73 Å². The Morgan fingerprint density at radius 1 is 0.947 bits per heavy atom. The Morgan fingerprint density at radius 3 is 2.21 bits per heavy atom. The van der Waals surface area contributed by atoms with E-state index in [9.17, 15) is 9.59 Å². The summed E-state index contributed by atoms with van der Waals surface area (Å²) in [5.41, 5.74) is 7.52. The lowest BCUT2D eigenvalue weighted by molar-refractivity contribution is -0.116. The van der Waals surface area contributed by atoms with Crippen LogP contribution in [0.4, 0.5) is 0 Å². The summed E-state index contributed by atoms with van der Waals surface area (Å²) in [4.78, 5) is 22.1. The average Bonchev–Trinajstić information content (AvgIpc) is 2.46. The number of Topliss-reactive ketones (excluding diaryl/α,β-unsaturated/α-hetero) is 1. The molecule has 2 rings (SSSR count). The van der Waals surface area contributed by atoms with Crippen molar-refractivity contribution >= 4 is 27.6 Å². The van der Waals surface area contributed by atoms with Crippen molar-refractivity contribution in [1.29, 1.82) is 0 Å². The highest BCUT2D eigenvalue weighted by Crippen LogP contribution is 2.21. The molecule has 0 aliphatic rings. The predicted molar refractivity (Wildman–Crippen MR) is 78.1 cm³/mol. The van der Waals surface area contributed by atoms with Crippen LogP contribution < -0.4 is 5.73 Å². The van der Waals surface area contributed by atoms with Crippen molar-refractivity contribution in [3.05, 3.63) is 60.2 Å². The van der Waals surface area contributed by atoms with E-state index in [-0.39, 0.29) is 5.78 Å². The van der Waals surface area contributed by atoms with Crippen molar-refractivity contribution in [3.63, 3.8) is 0 Å². The Bertz CT molecular complexity index is 611. The second kappa shape index (κ2) is 5.80. The van der Waals surface area contributed by atoms with Crippen molar-refractivity contribution in [2.75, 3.05) is 0 Å². The number of rotatable bonds is 4. The van der Waals surface area contributed by atoms with E-state index in [2.05, 4.69) is 15.9 Å². The Labute approximate surface area is 119 Å². The van der Waals surface area contributed by atoms with Crippen molar-refractivity contribution in [1.82, 2.24) is 0 Å². The molecule has 19 heavy (non-hydrogen) atoms. The number of hydrogen-bond acceptors (Lipinski definition) is 2. The van der Waals surface area contributed by atoms with E-state index in [1.165, 1.54) is 0 Å². The molecular formula is C15H12BrNO2. The number of ketones is 1. The normalized spacial score (nSPS) is 11.8. The molecule has 1 amide bonds. The van der Waals surface area contributed by atoms with Gasteiger partial charge in [0.05, 0.1) is 0 Å². The number of benzene rings is 2. The molecular weight excluding hydrogens is 306 g/mol. The summed E-state index contributed by atoms with van der Waals surface area (Å²) in [5, 5.41) is 0. The van der Waals surface area contributed by atoms with Crippen LogP contribution in [0.2, 0.25) is 0 Å². The van der Waals surface area contributed by atoms with Gasteiger partial charge in [0.1, 0.15) is 0 Å². The van der Waals surface area contributed by atoms with Gasteiger partial charge in [0.15, 0.2) is 10.6 Å². The zero-order chi connectivity index (χ0) is 13.8. The molecule has 0 heterocycles. The minimum absolute atomic E-state index is 0.328. The molecule has 0 saturated carbocycles. The molecule has 2 aromatic carbocycles. The fraction of sp³-hybridized carbons (Fsp3) is 0.0667. The molecule has 0 radical (unpaired) electrons. The van der Waals surface area contributed by atoms with Crippen LogP contribution in [-0.2, 0) is 4.79 Å². The molecule has 96 valence electrons. The Balaban J connectivity index is 2.35. The predicted octanol–water partition coefficient (Wildman–Crippen LogP) is 2.79. The van der Waals surface area contributed by atoms with Gasteiger partial charge in [-0.05, 0) is 17.2 Å². The molecule has 1 atom stereocenters. The van der Waals surface area contributed by atoms with Gasteiger partial charge in [-0.3, -0.25) is 9.59 Å². The van der Waals surface area contributed by atoms with Crippen LogP contribution in [-0.4, -0.2) is 16.5 Å². The van der Waals surface area contributed by atoms with Crippen LogP contribution in [0.5, 0.6) is 0 Å². The zero-order valence-corrected chi connectivity index (χ0v) is 11.6. The van der Waals surface area contributed by atoms with E-state index >= 15 is 0 Å². The van der Waals surface area contributed by atoms with Gasteiger partial charge in [0, 0.05) is 5.56 Å². The number of amides is 1. The maximum atomic E-state index is 12.0. The Morgan fingerprint density at radius 2 is 1.58 bits per heavy atom. The lowest BCUT2D eigenvalue weighted by atomic mass is 10.0. The standard InChI is InChI=1S/C15H12BrNO2/c16-13(15(17)19)14(18)12-8-4-7-11(9-12)10-5-2-1-3-6-10/h1-9,13H,(H2,17,19)/t13-/m1/s1. The molecule has 0 bridgehead atoms. The maximum absolute atomic E-state index is 12.0. The summed E-state index contributed by atoms with van der Waals surface area (Å²) < 4.78 is 0. The summed E-state index contributed by atoms with van der Waals surface area (Å²) in [6.07, 6.45) is 0. The Hall–Kier alpha value is -1.94. The van der Waals surface area contributed by atoms with Gasteiger partial charge in [-0.2, -0.15) is 0 Å². The van der Waals surface area contributed by atoms with Gasteiger partial charge in [0.2, 0.25) is 5.91 Å². The molecule has 0 unspecified atom stereocenters. The minimum atomic E-state index is -0.987. The van der Waals surface area contributed by atoms with Crippen LogP contribution in [0, 0.1) is 0 Å². The molecule has 0 aromatic heterocycles. The van der Waals surface area contributed by atoms with Crippen molar-refractivity contribution < 1.29 is 9.59 Å². The highest BCUT2D eigenvalue weighted by atomic mass is 79.9. The summed E-state index contributed by atoms with van der Waals surface area (Å²) >= 11 is 3.00. The number of nitrogens with two attached hydrogens (primary N) is 1.